The lowest BCUT2D eigenvalue weighted by Crippen LogP contribution is -2.33. The number of aromatic nitrogens is 2. The summed E-state index contributed by atoms with van der Waals surface area (Å²) in [6.07, 6.45) is 3.73. The van der Waals surface area contributed by atoms with Crippen molar-refractivity contribution in [2.45, 2.75) is 25.0 Å². The Balaban J connectivity index is 1.58. The maximum absolute atomic E-state index is 11.9. The van der Waals surface area contributed by atoms with Gasteiger partial charge in [0.15, 0.2) is 6.29 Å². The highest BCUT2D eigenvalue weighted by atomic mass is 16.7. The van der Waals surface area contributed by atoms with Gasteiger partial charge in [-0.15, -0.1) is 0 Å². The Morgan fingerprint density at radius 2 is 2.24 bits per heavy atom. The molecule has 0 unspecified atom stereocenters. The summed E-state index contributed by atoms with van der Waals surface area (Å²) in [4.78, 5) is 11.9. The third-order valence-electron chi connectivity index (χ3n) is 3.03. The summed E-state index contributed by atoms with van der Waals surface area (Å²) in [5, 5.41) is 9.48. The third kappa shape index (κ3) is 2.32. The van der Waals surface area contributed by atoms with Crippen molar-refractivity contribution in [3.8, 4) is 0 Å². The minimum absolute atomic E-state index is 0.136. The largest absolute Gasteiger partial charge is 0.348 e. The van der Waals surface area contributed by atoms with Crippen molar-refractivity contribution in [1.82, 2.24) is 15.5 Å². The van der Waals surface area contributed by atoms with Crippen LogP contribution < -0.4 is 5.32 Å². The molecule has 0 bridgehead atoms. The van der Waals surface area contributed by atoms with Crippen LogP contribution in [-0.4, -0.2) is 42.2 Å². The molecule has 3 rings (SSSR count). The first-order valence-electron chi connectivity index (χ1n) is 5.89. The van der Waals surface area contributed by atoms with Gasteiger partial charge >= 0.3 is 0 Å². The fraction of sp³-hybridized carbons (Fsp3) is 0.636. The molecular weight excluding hydrogens is 222 g/mol. The van der Waals surface area contributed by atoms with Crippen LogP contribution in [0.2, 0.25) is 0 Å². The maximum atomic E-state index is 11.9. The summed E-state index contributed by atoms with van der Waals surface area (Å²) < 4.78 is 10.5. The summed E-state index contributed by atoms with van der Waals surface area (Å²) in [6.45, 7) is 1.57. The molecule has 2 heterocycles. The second-order valence-corrected chi connectivity index (χ2v) is 4.36. The molecule has 2 N–H and O–H groups in total. The molecule has 1 saturated heterocycles. The Labute approximate surface area is 98.7 Å². The lowest BCUT2D eigenvalue weighted by Gasteiger charge is -2.10. The van der Waals surface area contributed by atoms with Crippen molar-refractivity contribution in [2.24, 2.45) is 0 Å². The predicted octanol–water partition coefficient (Wildman–Crippen LogP) is 0.390. The van der Waals surface area contributed by atoms with Crippen LogP contribution in [-0.2, 0) is 9.47 Å². The molecule has 1 aromatic heterocycles. The van der Waals surface area contributed by atoms with E-state index in [1.54, 1.807) is 6.20 Å². The van der Waals surface area contributed by atoms with Gasteiger partial charge < -0.3 is 14.8 Å². The number of aromatic amines is 1. The van der Waals surface area contributed by atoms with E-state index < -0.39 is 0 Å². The van der Waals surface area contributed by atoms with E-state index in [1.807, 2.05) is 0 Å². The van der Waals surface area contributed by atoms with E-state index in [4.69, 9.17) is 9.47 Å². The van der Waals surface area contributed by atoms with Crippen molar-refractivity contribution >= 4 is 5.91 Å². The molecular formula is C11H15N3O3. The molecule has 1 aromatic rings. The standard InChI is InChI=1S/C11H15N3O3/c15-11(12-6-9-16-3-4-17-9)10-8(5-13-14-10)7-1-2-7/h5,7,9H,1-4,6H2,(H,12,15)(H,13,14). The number of ether oxygens (including phenoxy) is 2. The van der Waals surface area contributed by atoms with Gasteiger partial charge in [0, 0.05) is 5.56 Å². The normalized spacial score (nSPS) is 20.7. The fourth-order valence-corrected chi connectivity index (χ4v) is 1.97. The Bertz CT molecular complexity index is 408. The highest BCUT2D eigenvalue weighted by Gasteiger charge is 2.29. The van der Waals surface area contributed by atoms with Gasteiger partial charge in [-0.2, -0.15) is 5.10 Å². The lowest BCUT2D eigenvalue weighted by atomic mass is 10.1. The van der Waals surface area contributed by atoms with Gasteiger partial charge in [-0.3, -0.25) is 9.89 Å². The molecule has 17 heavy (non-hydrogen) atoms. The molecule has 2 aliphatic rings. The number of hydrogen-bond donors (Lipinski definition) is 2. The van der Waals surface area contributed by atoms with E-state index in [0.29, 0.717) is 31.4 Å². The first kappa shape index (κ1) is 10.7. The Morgan fingerprint density at radius 3 is 2.94 bits per heavy atom. The minimum Gasteiger partial charge on any atom is -0.348 e. The van der Waals surface area contributed by atoms with Crippen LogP contribution >= 0.6 is 0 Å². The number of carbonyl (C=O) groups is 1. The lowest BCUT2D eigenvalue weighted by molar-refractivity contribution is -0.0379. The highest BCUT2D eigenvalue weighted by molar-refractivity contribution is 5.93. The van der Waals surface area contributed by atoms with Crippen LogP contribution in [0.3, 0.4) is 0 Å². The summed E-state index contributed by atoms with van der Waals surface area (Å²) in [6, 6.07) is 0. The highest BCUT2D eigenvalue weighted by Crippen LogP contribution is 2.40. The molecule has 1 aliphatic heterocycles. The van der Waals surface area contributed by atoms with Crippen LogP contribution in [0.4, 0.5) is 0 Å². The second-order valence-electron chi connectivity index (χ2n) is 4.36. The molecule has 0 radical (unpaired) electrons. The monoisotopic (exact) mass is 237 g/mol. The molecule has 6 nitrogen and oxygen atoms in total. The molecule has 6 heteroatoms. The number of amides is 1. The fourth-order valence-electron chi connectivity index (χ4n) is 1.97. The van der Waals surface area contributed by atoms with Crippen LogP contribution in [0.1, 0.15) is 34.8 Å². The van der Waals surface area contributed by atoms with E-state index in [9.17, 15) is 4.79 Å². The average molecular weight is 237 g/mol. The van der Waals surface area contributed by atoms with E-state index in [2.05, 4.69) is 15.5 Å². The first-order valence-corrected chi connectivity index (χ1v) is 5.89. The molecule has 0 spiro atoms. The van der Waals surface area contributed by atoms with Gasteiger partial charge in [0.2, 0.25) is 0 Å². The van der Waals surface area contributed by atoms with Crippen LogP contribution in [0.15, 0.2) is 6.20 Å². The third-order valence-corrected chi connectivity index (χ3v) is 3.03. The molecule has 1 saturated carbocycles. The second kappa shape index (κ2) is 4.46. The number of carbonyl (C=O) groups excluding carboxylic acids is 1. The smallest absolute Gasteiger partial charge is 0.269 e. The Kier molecular flexibility index (Phi) is 2.82. The van der Waals surface area contributed by atoms with Gasteiger partial charge in [-0.1, -0.05) is 0 Å². The van der Waals surface area contributed by atoms with Gasteiger partial charge in [0.1, 0.15) is 5.69 Å². The average Bonchev–Trinajstić information content (AvgIpc) is 2.88. The number of H-pyrrole nitrogens is 1. The van der Waals surface area contributed by atoms with Gasteiger partial charge in [-0.05, 0) is 18.8 Å². The van der Waals surface area contributed by atoms with Crippen molar-refractivity contribution in [3.05, 3.63) is 17.5 Å². The summed E-state index contributed by atoms with van der Waals surface area (Å²) in [7, 11) is 0. The van der Waals surface area contributed by atoms with E-state index in [-0.39, 0.29) is 12.2 Å². The number of nitrogens with zero attached hydrogens (tertiary/aromatic N) is 1. The summed E-state index contributed by atoms with van der Waals surface area (Å²) in [5.74, 6) is 0.372. The van der Waals surface area contributed by atoms with Gasteiger partial charge in [-0.25, -0.2) is 0 Å². The first-order chi connectivity index (χ1) is 8.34. The zero-order valence-electron chi connectivity index (χ0n) is 9.44. The van der Waals surface area contributed by atoms with E-state index >= 15 is 0 Å². The molecule has 1 aliphatic carbocycles. The zero-order chi connectivity index (χ0) is 11.7. The van der Waals surface area contributed by atoms with Gasteiger partial charge in [0.25, 0.3) is 5.91 Å². The van der Waals surface area contributed by atoms with Crippen LogP contribution in [0, 0.1) is 0 Å². The maximum Gasteiger partial charge on any atom is 0.269 e. The van der Waals surface area contributed by atoms with Gasteiger partial charge in [0.05, 0.1) is 26.0 Å². The molecule has 2 fully saturated rings. The Morgan fingerprint density at radius 1 is 1.47 bits per heavy atom. The molecule has 0 atom stereocenters. The SMILES string of the molecule is O=C(NCC1OCCO1)c1[nH]ncc1C1CC1. The quantitative estimate of drug-likeness (QED) is 0.794. The number of hydrogen-bond acceptors (Lipinski definition) is 4. The van der Waals surface area contributed by atoms with Crippen molar-refractivity contribution in [3.63, 3.8) is 0 Å². The molecule has 1 amide bonds. The van der Waals surface area contributed by atoms with E-state index in [1.165, 1.54) is 0 Å². The number of nitrogens with one attached hydrogen (secondary N) is 2. The van der Waals surface area contributed by atoms with Crippen molar-refractivity contribution in [1.29, 1.82) is 0 Å². The summed E-state index contributed by atoms with van der Waals surface area (Å²) >= 11 is 0. The Hall–Kier alpha value is -1.40. The topological polar surface area (TPSA) is 76.2 Å². The zero-order valence-corrected chi connectivity index (χ0v) is 9.44. The van der Waals surface area contributed by atoms with Crippen LogP contribution in [0.5, 0.6) is 0 Å². The predicted molar refractivity (Wildman–Crippen MR) is 58.6 cm³/mol. The summed E-state index contributed by atoms with van der Waals surface area (Å²) in [5.41, 5.74) is 1.60. The molecule has 92 valence electrons. The van der Waals surface area contributed by atoms with Crippen molar-refractivity contribution in [2.75, 3.05) is 19.8 Å². The van der Waals surface area contributed by atoms with Crippen LogP contribution in [0.25, 0.3) is 0 Å². The van der Waals surface area contributed by atoms with Crippen molar-refractivity contribution < 1.29 is 14.3 Å². The molecule has 0 aromatic carbocycles. The minimum atomic E-state index is -0.314. The van der Waals surface area contributed by atoms with E-state index in [0.717, 1.165) is 18.4 Å². The number of rotatable bonds is 4.